The summed E-state index contributed by atoms with van der Waals surface area (Å²) in [5, 5.41) is 0.652. The zero-order valence-corrected chi connectivity index (χ0v) is 17.4. The van der Waals surface area contributed by atoms with Gasteiger partial charge in [-0.1, -0.05) is 29.0 Å². The molecule has 0 saturated carbocycles. The van der Waals surface area contributed by atoms with Crippen LogP contribution in [0.15, 0.2) is 49.1 Å². The van der Waals surface area contributed by atoms with E-state index in [9.17, 15) is 4.79 Å². The zero-order valence-electron chi connectivity index (χ0n) is 15.0. The number of aryl methyl sites for hydroxylation is 1. The summed E-state index contributed by atoms with van der Waals surface area (Å²) in [4.78, 5) is 24.3. The number of rotatable bonds is 7. The Bertz CT molecular complexity index is 1090. The van der Waals surface area contributed by atoms with Crippen molar-refractivity contribution in [2.75, 3.05) is 18.6 Å². The Balaban J connectivity index is 1.64. The number of anilines is 1. The number of methoxy groups -OCH3 is 1. The van der Waals surface area contributed by atoms with Gasteiger partial charge >= 0.3 is 0 Å². The molecule has 28 heavy (non-hydrogen) atoms. The maximum absolute atomic E-state index is 13.2. The van der Waals surface area contributed by atoms with Gasteiger partial charge in [0.05, 0.1) is 27.4 Å². The molecule has 3 aromatic heterocycles. The second kappa shape index (κ2) is 8.30. The number of hydrogen-bond acceptors (Lipinski definition) is 6. The SMILES string of the molecule is COc1cccc2sc(N(CCCn3ccnc3)C(=O)c3ccc(Cl)s3)nc12. The standard InChI is InChI=1S/C19H17ClN4O2S2/c1-26-13-4-2-5-14-17(13)22-19(28-14)24(10-3-9-23-11-8-21-12-23)18(25)15-6-7-16(20)27-15/h2,4-8,11-12H,3,9-10H2,1H3. The van der Waals surface area contributed by atoms with Gasteiger partial charge < -0.3 is 9.30 Å². The lowest BCUT2D eigenvalue weighted by Gasteiger charge is -2.19. The molecule has 4 rings (SSSR count). The minimum Gasteiger partial charge on any atom is -0.494 e. The van der Waals surface area contributed by atoms with Gasteiger partial charge in [0.1, 0.15) is 11.3 Å². The minimum absolute atomic E-state index is 0.0967. The summed E-state index contributed by atoms with van der Waals surface area (Å²) < 4.78 is 8.97. The first-order valence-electron chi connectivity index (χ1n) is 8.62. The van der Waals surface area contributed by atoms with Gasteiger partial charge in [0.15, 0.2) is 5.13 Å². The second-order valence-electron chi connectivity index (χ2n) is 6.02. The molecule has 0 aliphatic heterocycles. The lowest BCUT2D eigenvalue weighted by Crippen LogP contribution is -2.31. The molecule has 0 fully saturated rings. The topological polar surface area (TPSA) is 60.2 Å². The number of carbonyl (C=O) groups excluding carboxylic acids is 1. The molecule has 0 aliphatic rings. The highest BCUT2D eigenvalue weighted by atomic mass is 35.5. The molecule has 4 aromatic rings. The molecule has 0 bridgehead atoms. The maximum atomic E-state index is 13.2. The third-order valence-corrected chi connectivity index (χ3v) is 6.47. The third kappa shape index (κ3) is 3.89. The van der Waals surface area contributed by atoms with Gasteiger partial charge in [0.25, 0.3) is 5.91 Å². The molecule has 1 amide bonds. The number of amides is 1. The van der Waals surface area contributed by atoms with Crippen molar-refractivity contribution in [3.8, 4) is 5.75 Å². The summed E-state index contributed by atoms with van der Waals surface area (Å²) in [7, 11) is 1.62. The van der Waals surface area contributed by atoms with Crippen molar-refractivity contribution < 1.29 is 9.53 Å². The lowest BCUT2D eigenvalue weighted by molar-refractivity contribution is 0.0990. The van der Waals surface area contributed by atoms with Crippen molar-refractivity contribution in [2.45, 2.75) is 13.0 Å². The molecule has 0 atom stereocenters. The van der Waals surface area contributed by atoms with E-state index in [2.05, 4.69) is 4.98 Å². The summed E-state index contributed by atoms with van der Waals surface area (Å²) in [6.45, 7) is 1.30. The van der Waals surface area contributed by atoms with E-state index >= 15 is 0 Å². The number of thiazole rings is 1. The van der Waals surface area contributed by atoms with Crippen molar-refractivity contribution in [1.29, 1.82) is 0 Å². The van der Waals surface area contributed by atoms with Crippen LogP contribution in [0, 0.1) is 0 Å². The second-order valence-corrected chi connectivity index (χ2v) is 8.74. The number of imidazole rings is 1. The Morgan fingerprint density at radius 2 is 2.18 bits per heavy atom. The Morgan fingerprint density at radius 1 is 1.29 bits per heavy atom. The molecule has 144 valence electrons. The molecule has 0 N–H and O–H groups in total. The van der Waals surface area contributed by atoms with Crippen molar-refractivity contribution in [1.82, 2.24) is 14.5 Å². The number of para-hydroxylation sites is 1. The molecule has 6 nitrogen and oxygen atoms in total. The summed E-state index contributed by atoms with van der Waals surface area (Å²) in [5.41, 5.74) is 0.765. The summed E-state index contributed by atoms with van der Waals surface area (Å²) >= 11 is 8.79. The van der Waals surface area contributed by atoms with Crippen LogP contribution in [-0.2, 0) is 6.54 Å². The Kier molecular flexibility index (Phi) is 5.61. The first-order chi connectivity index (χ1) is 13.7. The third-order valence-electron chi connectivity index (χ3n) is 4.21. The number of carbonyl (C=O) groups is 1. The average molecular weight is 433 g/mol. The monoisotopic (exact) mass is 432 g/mol. The van der Waals surface area contributed by atoms with E-state index in [0.29, 0.717) is 26.6 Å². The summed E-state index contributed by atoms with van der Waals surface area (Å²) in [6, 6.07) is 9.27. The van der Waals surface area contributed by atoms with Crippen LogP contribution in [0.25, 0.3) is 10.2 Å². The smallest absolute Gasteiger partial charge is 0.270 e. The van der Waals surface area contributed by atoms with Crippen LogP contribution < -0.4 is 9.64 Å². The van der Waals surface area contributed by atoms with Crippen molar-refractivity contribution in [3.05, 3.63) is 58.3 Å². The fourth-order valence-electron chi connectivity index (χ4n) is 2.87. The Hall–Kier alpha value is -2.42. The Morgan fingerprint density at radius 3 is 2.89 bits per heavy atom. The van der Waals surface area contributed by atoms with Gasteiger partial charge in [-0.05, 0) is 30.7 Å². The van der Waals surface area contributed by atoms with E-state index in [4.69, 9.17) is 21.3 Å². The molecule has 1 aromatic carbocycles. The molecular weight excluding hydrogens is 416 g/mol. The van der Waals surface area contributed by atoms with Gasteiger partial charge in [0.2, 0.25) is 0 Å². The minimum atomic E-state index is -0.0967. The number of halogens is 1. The summed E-state index contributed by atoms with van der Waals surface area (Å²) in [6.07, 6.45) is 6.20. The highest BCUT2D eigenvalue weighted by molar-refractivity contribution is 7.22. The van der Waals surface area contributed by atoms with E-state index in [1.807, 2.05) is 29.0 Å². The highest BCUT2D eigenvalue weighted by Gasteiger charge is 2.23. The van der Waals surface area contributed by atoms with Crippen molar-refractivity contribution in [3.63, 3.8) is 0 Å². The average Bonchev–Trinajstić information content (AvgIpc) is 3.44. The number of benzene rings is 1. The van der Waals surface area contributed by atoms with Gasteiger partial charge in [-0.15, -0.1) is 11.3 Å². The number of nitrogens with zero attached hydrogens (tertiary/aromatic N) is 4. The molecular formula is C19H17ClN4O2S2. The number of thiophene rings is 1. The van der Waals surface area contributed by atoms with Crippen LogP contribution in [0.2, 0.25) is 4.34 Å². The van der Waals surface area contributed by atoms with Crippen LogP contribution in [0.5, 0.6) is 5.75 Å². The lowest BCUT2D eigenvalue weighted by atomic mass is 10.3. The first kappa shape index (κ1) is 18.9. The van der Waals surface area contributed by atoms with E-state index in [-0.39, 0.29) is 5.91 Å². The Labute approximate surface area is 175 Å². The molecule has 0 unspecified atom stereocenters. The van der Waals surface area contributed by atoms with Gasteiger partial charge in [-0.3, -0.25) is 9.69 Å². The molecule has 0 spiro atoms. The number of fused-ring (bicyclic) bond motifs is 1. The summed E-state index contributed by atoms with van der Waals surface area (Å²) in [5.74, 6) is 0.602. The van der Waals surface area contributed by atoms with Crippen LogP contribution in [0.3, 0.4) is 0 Å². The molecule has 3 heterocycles. The van der Waals surface area contributed by atoms with E-state index in [1.165, 1.54) is 22.7 Å². The van der Waals surface area contributed by atoms with Gasteiger partial charge in [-0.2, -0.15) is 0 Å². The predicted molar refractivity (Wildman–Crippen MR) is 114 cm³/mol. The van der Waals surface area contributed by atoms with Crippen LogP contribution in [0.1, 0.15) is 16.1 Å². The van der Waals surface area contributed by atoms with Crippen LogP contribution >= 0.6 is 34.3 Å². The van der Waals surface area contributed by atoms with Gasteiger partial charge in [0, 0.05) is 25.5 Å². The van der Waals surface area contributed by atoms with Crippen LogP contribution in [-0.4, -0.2) is 34.1 Å². The highest BCUT2D eigenvalue weighted by Crippen LogP contribution is 2.35. The normalized spacial score (nSPS) is 11.1. The number of aromatic nitrogens is 3. The van der Waals surface area contributed by atoms with E-state index in [1.54, 1.807) is 36.7 Å². The molecule has 9 heteroatoms. The number of ether oxygens (including phenoxy) is 1. The first-order valence-corrected chi connectivity index (χ1v) is 10.6. The molecule has 0 saturated heterocycles. The van der Waals surface area contributed by atoms with Crippen molar-refractivity contribution in [2.24, 2.45) is 0 Å². The van der Waals surface area contributed by atoms with E-state index < -0.39 is 0 Å². The molecule has 0 aliphatic carbocycles. The fraction of sp³-hybridized carbons (Fsp3) is 0.211. The number of hydrogen-bond donors (Lipinski definition) is 0. The zero-order chi connectivity index (χ0) is 19.5. The van der Waals surface area contributed by atoms with Crippen molar-refractivity contribution >= 4 is 55.5 Å². The van der Waals surface area contributed by atoms with E-state index in [0.717, 1.165) is 23.2 Å². The fourth-order valence-corrected chi connectivity index (χ4v) is 4.87. The molecule has 0 radical (unpaired) electrons. The van der Waals surface area contributed by atoms with Crippen LogP contribution in [0.4, 0.5) is 5.13 Å². The van der Waals surface area contributed by atoms with Gasteiger partial charge in [-0.25, -0.2) is 9.97 Å². The quantitative estimate of drug-likeness (QED) is 0.414. The largest absolute Gasteiger partial charge is 0.494 e. The predicted octanol–water partition coefficient (Wildman–Crippen LogP) is 4.95. The maximum Gasteiger partial charge on any atom is 0.270 e.